The summed E-state index contributed by atoms with van der Waals surface area (Å²) in [4.78, 5) is 4.39. The highest BCUT2D eigenvalue weighted by atomic mass is 19.4. The number of nitrogens with zero attached hydrogens (tertiary/aromatic N) is 2. The Balaban J connectivity index is 1.67. The van der Waals surface area contributed by atoms with Crippen molar-refractivity contribution in [2.24, 2.45) is 5.92 Å². The van der Waals surface area contributed by atoms with E-state index >= 15 is 0 Å². The molecule has 118 valence electrons. The molecule has 1 aromatic heterocycles. The lowest BCUT2D eigenvalue weighted by Crippen LogP contribution is -2.29. The summed E-state index contributed by atoms with van der Waals surface area (Å²) in [6.07, 6.45) is -0.485. The first-order chi connectivity index (χ1) is 10.0. The molecule has 1 aromatic rings. The van der Waals surface area contributed by atoms with Gasteiger partial charge in [0.15, 0.2) is 5.82 Å². The minimum absolute atomic E-state index is 0.0774. The second kappa shape index (κ2) is 5.94. The van der Waals surface area contributed by atoms with E-state index in [1.54, 1.807) is 0 Å². The molecule has 0 aromatic carbocycles. The van der Waals surface area contributed by atoms with E-state index in [0.29, 0.717) is 24.6 Å². The third-order valence-corrected chi connectivity index (χ3v) is 4.61. The van der Waals surface area contributed by atoms with Crippen LogP contribution in [0, 0.1) is 5.92 Å². The Morgan fingerprint density at radius 1 is 1.10 bits per heavy atom. The molecule has 0 bridgehead atoms. The summed E-state index contributed by atoms with van der Waals surface area (Å²) >= 11 is 0. The van der Waals surface area contributed by atoms with E-state index in [1.165, 1.54) is 0 Å². The van der Waals surface area contributed by atoms with Gasteiger partial charge in [0.1, 0.15) is 0 Å². The summed E-state index contributed by atoms with van der Waals surface area (Å²) in [5.41, 5.74) is 0. The standard InChI is InChI=1S/C14H20F3N3O/c15-14(16,17)11-5-1-3-9(7-11)13-19-12(20-21-13)10-4-2-6-18-8-10/h9-11,18H,1-8H2. The van der Waals surface area contributed by atoms with Crippen LogP contribution < -0.4 is 5.32 Å². The van der Waals surface area contributed by atoms with Gasteiger partial charge in [-0.15, -0.1) is 0 Å². The molecule has 1 aliphatic carbocycles. The molecule has 1 saturated heterocycles. The fourth-order valence-corrected chi connectivity index (χ4v) is 3.36. The van der Waals surface area contributed by atoms with Gasteiger partial charge in [-0.2, -0.15) is 18.2 Å². The lowest BCUT2D eigenvalue weighted by molar-refractivity contribution is -0.183. The minimum atomic E-state index is -4.12. The van der Waals surface area contributed by atoms with Gasteiger partial charge >= 0.3 is 6.18 Å². The predicted molar refractivity (Wildman–Crippen MR) is 69.9 cm³/mol. The van der Waals surface area contributed by atoms with Crippen molar-refractivity contribution in [3.8, 4) is 0 Å². The molecule has 1 saturated carbocycles. The molecule has 3 unspecified atom stereocenters. The number of nitrogens with one attached hydrogen (secondary N) is 1. The Morgan fingerprint density at radius 3 is 2.62 bits per heavy atom. The maximum absolute atomic E-state index is 12.9. The number of alkyl halides is 3. The van der Waals surface area contributed by atoms with Gasteiger partial charge in [-0.3, -0.25) is 0 Å². The molecule has 21 heavy (non-hydrogen) atoms. The van der Waals surface area contributed by atoms with Crippen molar-refractivity contribution in [1.82, 2.24) is 15.5 Å². The van der Waals surface area contributed by atoms with Crippen LogP contribution in [0.1, 0.15) is 62.1 Å². The van der Waals surface area contributed by atoms with Gasteiger partial charge < -0.3 is 9.84 Å². The number of halogens is 3. The van der Waals surface area contributed by atoms with Gasteiger partial charge in [0.2, 0.25) is 5.89 Å². The second-order valence-corrected chi connectivity index (χ2v) is 6.14. The zero-order chi connectivity index (χ0) is 14.9. The molecule has 4 nitrogen and oxygen atoms in total. The van der Waals surface area contributed by atoms with Crippen LogP contribution in [-0.4, -0.2) is 29.4 Å². The first kappa shape index (κ1) is 14.8. The quantitative estimate of drug-likeness (QED) is 0.910. The summed E-state index contributed by atoms with van der Waals surface area (Å²) in [7, 11) is 0. The van der Waals surface area contributed by atoms with Crippen molar-refractivity contribution in [3.63, 3.8) is 0 Å². The average Bonchev–Trinajstić information content (AvgIpc) is 2.97. The fraction of sp³-hybridized carbons (Fsp3) is 0.857. The molecule has 0 amide bonds. The minimum Gasteiger partial charge on any atom is -0.339 e. The molecule has 3 atom stereocenters. The topological polar surface area (TPSA) is 51.0 Å². The first-order valence-corrected chi connectivity index (χ1v) is 7.65. The van der Waals surface area contributed by atoms with E-state index in [2.05, 4.69) is 15.5 Å². The fourth-order valence-electron chi connectivity index (χ4n) is 3.36. The molecule has 1 aliphatic heterocycles. The monoisotopic (exact) mass is 303 g/mol. The van der Waals surface area contributed by atoms with Crippen LogP contribution in [0.25, 0.3) is 0 Å². The smallest absolute Gasteiger partial charge is 0.339 e. The zero-order valence-corrected chi connectivity index (χ0v) is 11.8. The third-order valence-electron chi connectivity index (χ3n) is 4.61. The van der Waals surface area contributed by atoms with Gasteiger partial charge in [-0.05, 0) is 38.6 Å². The number of piperidine rings is 1. The molecule has 2 aliphatic rings. The lowest BCUT2D eigenvalue weighted by atomic mass is 9.81. The van der Waals surface area contributed by atoms with Gasteiger partial charge in [0, 0.05) is 18.4 Å². The normalized spacial score (nSPS) is 31.3. The summed E-state index contributed by atoms with van der Waals surface area (Å²) < 4.78 is 43.8. The Hall–Kier alpha value is -1.11. The van der Waals surface area contributed by atoms with E-state index < -0.39 is 12.1 Å². The van der Waals surface area contributed by atoms with E-state index in [1.807, 2.05) is 0 Å². The Kier molecular flexibility index (Phi) is 4.19. The van der Waals surface area contributed by atoms with Gasteiger partial charge in [0.05, 0.1) is 5.92 Å². The van der Waals surface area contributed by atoms with Crippen molar-refractivity contribution in [2.75, 3.05) is 13.1 Å². The van der Waals surface area contributed by atoms with E-state index in [4.69, 9.17) is 4.52 Å². The molecule has 0 spiro atoms. The summed E-state index contributed by atoms with van der Waals surface area (Å²) in [5, 5.41) is 7.27. The molecule has 3 rings (SSSR count). The van der Waals surface area contributed by atoms with Crippen molar-refractivity contribution in [3.05, 3.63) is 11.7 Å². The summed E-state index contributed by atoms with van der Waals surface area (Å²) in [5.74, 6) is -0.222. The Bertz CT molecular complexity index is 468. The van der Waals surface area contributed by atoms with Gasteiger partial charge in [0.25, 0.3) is 0 Å². The molecule has 2 heterocycles. The molecule has 0 radical (unpaired) electrons. The number of hydrogen-bond acceptors (Lipinski definition) is 4. The second-order valence-electron chi connectivity index (χ2n) is 6.14. The SMILES string of the molecule is FC(F)(F)C1CCCC(c2nc(C3CCCNC3)no2)C1. The highest BCUT2D eigenvalue weighted by Gasteiger charge is 2.43. The molecular weight excluding hydrogens is 283 g/mol. The third kappa shape index (κ3) is 3.39. The molecule has 1 N–H and O–H groups in total. The summed E-state index contributed by atoms with van der Waals surface area (Å²) in [6.45, 7) is 1.81. The average molecular weight is 303 g/mol. The van der Waals surface area contributed by atoms with Crippen LogP contribution in [0.15, 0.2) is 4.52 Å². The number of hydrogen-bond donors (Lipinski definition) is 1. The van der Waals surface area contributed by atoms with E-state index in [0.717, 1.165) is 25.9 Å². The van der Waals surface area contributed by atoms with Crippen LogP contribution in [0.5, 0.6) is 0 Å². The van der Waals surface area contributed by atoms with Crippen LogP contribution in [0.2, 0.25) is 0 Å². The zero-order valence-electron chi connectivity index (χ0n) is 11.8. The van der Waals surface area contributed by atoms with Crippen molar-refractivity contribution >= 4 is 0 Å². The van der Waals surface area contributed by atoms with Crippen LogP contribution in [0.4, 0.5) is 13.2 Å². The number of rotatable bonds is 2. The molecule has 2 fully saturated rings. The van der Waals surface area contributed by atoms with Crippen LogP contribution >= 0.6 is 0 Å². The highest BCUT2D eigenvalue weighted by molar-refractivity contribution is 5.02. The highest BCUT2D eigenvalue weighted by Crippen LogP contribution is 2.43. The molecule has 7 heteroatoms. The van der Waals surface area contributed by atoms with Crippen molar-refractivity contribution < 1.29 is 17.7 Å². The van der Waals surface area contributed by atoms with Crippen molar-refractivity contribution in [2.45, 2.75) is 56.5 Å². The Morgan fingerprint density at radius 2 is 1.90 bits per heavy atom. The van der Waals surface area contributed by atoms with Crippen LogP contribution in [0.3, 0.4) is 0 Å². The van der Waals surface area contributed by atoms with Crippen molar-refractivity contribution in [1.29, 1.82) is 0 Å². The van der Waals surface area contributed by atoms with Crippen LogP contribution in [-0.2, 0) is 0 Å². The molecular formula is C14H20F3N3O. The largest absolute Gasteiger partial charge is 0.391 e. The maximum Gasteiger partial charge on any atom is 0.391 e. The summed E-state index contributed by atoms with van der Waals surface area (Å²) in [6, 6.07) is 0. The Labute approximate surface area is 121 Å². The lowest BCUT2D eigenvalue weighted by Gasteiger charge is -2.28. The number of aromatic nitrogens is 2. The van der Waals surface area contributed by atoms with Gasteiger partial charge in [-0.1, -0.05) is 11.6 Å². The van der Waals surface area contributed by atoms with Gasteiger partial charge in [-0.25, -0.2) is 0 Å². The van der Waals surface area contributed by atoms with E-state index in [9.17, 15) is 13.2 Å². The first-order valence-electron chi connectivity index (χ1n) is 7.65. The maximum atomic E-state index is 12.9. The van der Waals surface area contributed by atoms with E-state index in [-0.39, 0.29) is 24.7 Å². The predicted octanol–water partition coefficient (Wildman–Crippen LogP) is 3.37.